The maximum absolute atomic E-state index is 12.0. The van der Waals surface area contributed by atoms with E-state index < -0.39 is 0 Å². The minimum Gasteiger partial charge on any atom is -0.294 e. The summed E-state index contributed by atoms with van der Waals surface area (Å²) in [6, 6.07) is 9.34. The molecule has 1 aromatic carbocycles. The maximum Gasteiger partial charge on any atom is 0.167 e. The van der Waals surface area contributed by atoms with E-state index in [9.17, 15) is 4.79 Å². The molecule has 0 atom stereocenters. The molecule has 3 nitrogen and oxygen atoms in total. The van der Waals surface area contributed by atoms with Crippen molar-refractivity contribution in [1.82, 2.24) is 10.2 Å². The average Bonchev–Trinajstić information content (AvgIpc) is 2.62. The second-order valence-corrected chi connectivity index (χ2v) is 3.88. The van der Waals surface area contributed by atoms with Crippen LogP contribution in [0.25, 0.3) is 0 Å². The number of H-pyrrole nitrogens is 1. The third-order valence-electron chi connectivity index (χ3n) is 2.71. The zero-order valence-electron chi connectivity index (χ0n) is 9.45. The zero-order chi connectivity index (χ0) is 11.5. The summed E-state index contributed by atoms with van der Waals surface area (Å²) in [7, 11) is 0. The number of hydrogen-bond donors (Lipinski definition) is 1. The molecule has 1 heterocycles. The fourth-order valence-electron chi connectivity index (χ4n) is 1.72. The van der Waals surface area contributed by atoms with Crippen molar-refractivity contribution in [2.75, 3.05) is 0 Å². The van der Waals surface area contributed by atoms with Crippen molar-refractivity contribution in [2.45, 2.75) is 20.3 Å². The molecule has 0 spiro atoms. The first-order valence-electron chi connectivity index (χ1n) is 5.27. The van der Waals surface area contributed by atoms with Gasteiger partial charge in [-0.1, -0.05) is 30.3 Å². The van der Waals surface area contributed by atoms with Crippen LogP contribution in [0.5, 0.6) is 0 Å². The lowest BCUT2D eigenvalue weighted by atomic mass is 10.0. The molecule has 1 N–H and O–H groups in total. The molecule has 2 rings (SSSR count). The van der Waals surface area contributed by atoms with Gasteiger partial charge in [-0.15, -0.1) is 0 Å². The Kier molecular flexibility index (Phi) is 2.86. The highest BCUT2D eigenvalue weighted by atomic mass is 16.1. The van der Waals surface area contributed by atoms with Crippen LogP contribution >= 0.6 is 0 Å². The van der Waals surface area contributed by atoms with E-state index in [1.165, 1.54) is 0 Å². The van der Waals surface area contributed by atoms with Gasteiger partial charge in [0.05, 0.1) is 5.69 Å². The van der Waals surface area contributed by atoms with Gasteiger partial charge in [0.1, 0.15) is 0 Å². The van der Waals surface area contributed by atoms with Crippen LogP contribution < -0.4 is 0 Å². The zero-order valence-corrected chi connectivity index (χ0v) is 9.45. The third kappa shape index (κ3) is 2.03. The summed E-state index contributed by atoms with van der Waals surface area (Å²) in [5.41, 5.74) is 3.64. The normalized spacial score (nSPS) is 10.4. The second-order valence-electron chi connectivity index (χ2n) is 3.88. The number of carbonyl (C=O) groups is 1. The largest absolute Gasteiger partial charge is 0.294 e. The van der Waals surface area contributed by atoms with Gasteiger partial charge in [0.2, 0.25) is 0 Å². The molecule has 16 heavy (non-hydrogen) atoms. The summed E-state index contributed by atoms with van der Waals surface area (Å²) in [5, 5.41) is 6.98. The second kappa shape index (κ2) is 4.31. The molecule has 3 heteroatoms. The van der Waals surface area contributed by atoms with E-state index in [2.05, 4.69) is 10.2 Å². The van der Waals surface area contributed by atoms with Crippen LogP contribution in [0.4, 0.5) is 0 Å². The Bertz CT molecular complexity index is 480. The monoisotopic (exact) mass is 214 g/mol. The van der Waals surface area contributed by atoms with Crippen LogP contribution in [0.1, 0.15) is 27.3 Å². The van der Waals surface area contributed by atoms with Crippen LogP contribution in [-0.2, 0) is 6.42 Å². The number of carbonyl (C=O) groups excluding carboxylic acids is 1. The van der Waals surface area contributed by atoms with Crippen LogP contribution in [0.2, 0.25) is 0 Å². The Morgan fingerprint density at radius 1 is 1.25 bits per heavy atom. The van der Waals surface area contributed by atoms with Crippen LogP contribution in [0.15, 0.2) is 30.3 Å². The van der Waals surface area contributed by atoms with Crippen LogP contribution in [0, 0.1) is 13.8 Å². The number of aromatic amines is 1. The van der Waals surface area contributed by atoms with Crippen molar-refractivity contribution in [3.05, 3.63) is 52.8 Å². The van der Waals surface area contributed by atoms with Crippen molar-refractivity contribution in [3.8, 4) is 0 Å². The fraction of sp³-hybridized carbons (Fsp3) is 0.231. The summed E-state index contributed by atoms with van der Waals surface area (Å²) >= 11 is 0. The molecule has 0 aliphatic carbocycles. The highest BCUT2D eigenvalue weighted by molar-refractivity contribution is 5.97. The number of nitrogens with zero attached hydrogens (tertiary/aromatic N) is 1. The predicted octanol–water partition coefficient (Wildman–Crippen LogP) is 2.45. The third-order valence-corrected chi connectivity index (χ3v) is 2.71. The Hall–Kier alpha value is -1.90. The van der Waals surface area contributed by atoms with E-state index >= 15 is 0 Å². The summed E-state index contributed by atoms with van der Waals surface area (Å²) in [6.45, 7) is 3.85. The molecular weight excluding hydrogens is 200 g/mol. The number of Topliss-reactive ketones (excluding diaryl/α,β-unsaturated/α-hetero) is 1. The molecule has 82 valence electrons. The fourth-order valence-corrected chi connectivity index (χ4v) is 1.72. The molecule has 0 amide bonds. The van der Waals surface area contributed by atoms with Crippen molar-refractivity contribution < 1.29 is 4.79 Å². The quantitative estimate of drug-likeness (QED) is 0.798. The van der Waals surface area contributed by atoms with E-state index in [-0.39, 0.29) is 5.78 Å². The first-order valence-corrected chi connectivity index (χ1v) is 5.27. The smallest absolute Gasteiger partial charge is 0.167 e. The average molecular weight is 214 g/mol. The van der Waals surface area contributed by atoms with Gasteiger partial charge in [-0.3, -0.25) is 9.89 Å². The molecule has 0 aliphatic rings. The Morgan fingerprint density at radius 3 is 2.50 bits per heavy atom. The summed E-state index contributed by atoms with van der Waals surface area (Å²) in [6.07, 6.45) is 0.415. The number of rotatable bonds is 3. The molecule has 0 unspecified atom stereocenters. The van der Waals surface area contributed by atoms with E-state index in [4.69, 9.17) is 0 Å². The van der Waals surface area contributed by atoms with E-state index in [0.29, 0.717) is 6.42 Å². The van der Waals surface area contributed by atoms with E-state index in [0.717, 1.165) is 22.5 Å². The van der Waals surface area contributed by atoms with Gasteiger partial charge in [-0.25, -0.2) is 0 Å². The molecule has 0 saturated carbocycles. The lowest BCUT2D eigenvalue weighted by Gasteiger charge is -2.01. The van der Waals surface area contributed by atoms with Crippen LogP contribution in [-0.4, -0.2) is 16.0 Å². The van der Waals surface area contributed by atoms with Crippen molar-refractivity contribution >= 4 is 5.78 Å². The van der Waals surface area contributed by atoms with Gasteiger partial charge in [-0.2, -0.15) is 5.10 Å². The number of hydrogen-bond acceptors (Lipinski definition) is 2. The van der Waals surface area contributed by atoms with E-state index in [1.807, 2.05) is 44.2 Å². The van der Waals surface area contributed by atoms with Crippen molar-refractivity contribution in [1.29, 1.82) is 0 Å². The Labute approximate surface area is 94.5 Å². The van der Waals surface area contributed by atoms with Gasteiger partial charge in [-0.05, 0) is 13.8 Å². The first kappa shape index (κ1) is 10.6. The molecule has 0 fully saturated rings. The SMILES string of the molecule is Cc1n[nH]c(C)c1CC(=O)c1ccccc1. The molecule has 0 bridgehead atoms. The molecule has 0 saturated heterocycles. The van der Waals surface area contributed by atoms with E-state index in [1.54, 1.807) is 0 Å². The maximum atomic E-state index is 12.0. The number of aromatic nitrogens is 2. The minimum atomic E-state index is 0.133. The standard InChI is InChI=1S/C13H14N2O/c1-9-12(10(2)15-14-9)8-13(16)11-6-4-3-5-7-11/h3-7H,8H2,1-2H3,(H,14,15). The van der Waals surface area contributed by atoms with Gasteiger partial charge in [0.15, 0.2) is 5.78 Å². The lowest BCUT2D eigenvalue weighted by Crippen LogP contribution is -2.04. The van der Waals surface area contributed by atoms with Gasteiger partial charge < -0.3 is 0 Å². The van der Waals surface area contributed by atoms with Gasteiger partial charge in [0, 0.05) is 23.2 Å². The molecular formula is C13H14N2O. The lowest BCUT2D eigenvalue weighted by molar-refractivity contribution is 0.0992. The summed E-state index contributed by atoms with van der Waals surface area (Å²) < 4.78 is 0. The minimum absolute atomic E-state index is 0.133. The first-order chi connectivity index (χ1) is 7.68. The van der Waals surface area contributed by atoms with Gasteiger partial charge >= 0.3 is 0 Å². The highest BCUT2D eigenvalue weighted by Crippen LogP contribution is 2.13. The summed E-state index contributed by atoms with van der Waals surface area (Å²) in [4.78, 5) is 12.0. The number of nitrogens with one attached hydrogen (secondary N) is 1. The van der Waals surface area contributed by atoms with Crippen molar-refractivity contribution in [3.63, 3.8) is 0 Å². The highest BCUT2D eigenvalue weighted by Gasteiger charge is 2.12. The van der Waals surface area contributed by atoms with Crippen LogP contribution in [0.3, 0.4) is 0 Å². The predicted molar refractivity (Wildman–Crippen MR) is 62.5 cm³/mol. The number of ketones is 1. The van der Waals surface area contributed by atoms with Gasteiger partial charge in [0.25, 0.3) is 0 Å². The molecule has 2 aromatic rings. The Balaban J connectivity index is 2.21. The van der Waals surface area contributed by atoms with Crippen molar-refractivity contribution in [2.24, 2.45) is 0 Å². The summed E-state index contributed by atoms with van der Waals surface area (Å²) in [5.74, 6) is 0.133. The number of benzene rings is 1. The molecule has 1 aromatic heterocycles. The Morgan fingerprint density at radius 2 is 1.94 bits per heavy atom. The molecule has 0 radical (unpaired) electrons. The molecule has 0 aliphatic heterocycles. The topological polar surface area (TPSA) is 45.8 Å². The number of aryl methyl sites for hydroxylation is 2.